The lowest BCUT2D eigenvalue weighted by Crippen LogP contribution is -1.99. The van der Waals surface area contributed by atoms with Crippen molar-refractivity contribution in [3.63, 3.8) is 0 Å². The van der Waals surface area contributed by atoms with Gasteiger partial charge >= 0.3 is 0 Å². The SMILES string of the molecule is CCOc1ccc(-c2ccc(NCc3ccccc3O)cc2)cc1F. The highest BCUT2D eigenvalue weighted by Crippen LogP contribution is 2.27. The minimum absolute atomic E-state index is 0.271. The minimum atomic E-state index is -0.360. The number of rotatable bonds is 6. The van der Waals surface area contributed by atoms with Gasteiger partial charge in [-0.05, 0) is 48.4 Å². The molecule has 3 aromatic rings. The molecule has 0 aromatic heterocycles. The van der Waals surface area contributed by atoms with Crippen LogP contribution in [0.5, 0.6) is 11.5 Å². The monoisotopic (exact) mass is 337 g/mol. The van der Waals surface area contributed by atoms with Crippen molar-refractivity contribution >= 4 is 5.69 Å². The molecule has 0 heterocycles. The first-order valence-corrected chi connectivity index (χ1v) is 8.21. The number of hydrogen-bond donors (Lipinski definition) is 2. The number of phenols is 1. The number of aromatic hydroxyl groups is 1. The van der Waals surface area contributed by atoms with E-state index in [1.165, 1.54) is 6.07 Å². The van der Waals surface area contributed by atoms with Crippen molar-refractivity contribution in [2.24, 2.45) is 0 Å². The van der Waals surface area contributed by atoms with Gasteiger partial charge in [0.1, 0.15) is 5.75 Å². The van der Waals surface area contributed by atoms with E-state index in [-0.39, 0.29) is 17.3 Å². The Morgan fingerprint density at radius 1 is 0.960 bits per heavy atom. The molecule has 0 saturated heterocycles. The van der Waals surface area contributed by atoms with Crippen LogP contribution in [0.25, 0.3) is 11.1 Å². The topological polar surface area (TPSA) is 41.5 Å². The molecule has 0 radical (unpaired) electrons. The van der Waals surface area contributed by atoms with Crippen LogP contribution in [0.1, 0.15) is 12.5 Å². The van der Waals surface area contributed by atoms with Crippen LogP contribution < -0.4 is 10.1 Å². The lowest BCUT2D eigenvalue weighted by molar-refractivity contribution is 0.321. The van der Waals surface area contributed by atoms with Crippen molar-refractivity contribution in [3.8, 4) is 22.6 Å². The number of phenolic OH excluding ortho intramolecular Hbond substituents is 1. The third-order valence-corrected chi connectivity index (χ3v) is 3.92. The van der Waals surface area contributed by atoms with Gasteiger partial charge in [0.05, 0.1) is 6.61 Å². The lowest BCUT2D eigenvalue weighted by atomic mass is 10.0. The fourth-order valence-electron chi connectivity index (χ4n) is 2.59. The second kappa shape index (κ2) is 7.71. The van der Waals surface area contributed by atoms with Crippen LogP contribution in [0.3, 0.4) is 0 Å². The summed E-state index contributed by atoms with van der Waals surface area (Å²) in [5.41, 5.74) is 3.49. The molecular weight excluding hydrogens is 317 g/mol. The highest BCUT2D eigenvalue weighted by molar-refractivity contribution is 5.67. The quantitative estimate of drug-likeness (QED) is 0.649. The maximum absolute atomic E-state index is 14.0. The molecule has 3 aromatic carbocycles. The molecule has 0 fully saturated rings. The van der Waals surface area contributed by atoms with Gasteiger partial charge < -0.3 is 15.2 Å². The van der Waals surface area contributed by atoms with Gasteiger partial charge in [-0.15, -0.1) is 0 Å². The molecule has 3 rings (SSSR count). The first-order valence-electron chi connectivity index (χ1n) is 8.21. The normalized spacial score (nSPS) is 10.5. The molecular formula is C21H20FNO2. The molecule has 128 valence electrons. The fraction of sp³-hybridized carbons (Fsp3) is 0.143. The number of anilines is 1. The van der Waals surface area contributed by atoms with E-state index in [1.54, 1.807) is 18.2 Å². The summed E-state index contributed by atoms with van der Waals surface area (Å²) in [5, 5.41) is 13.0. The Hall–Kier alpha value is -3.01. The molecule has 25 heavy (non-hydrogen) atoms. The number of para-hydroxylation sites is 1. The Kier molecular flexibility index (Phi) is 5.19. The summed E-state index contributed by atoms with van der Waals surface area (Å²) in [7, 11) is 0. The lowest BCUT2D eigenvalue weighted by Gasteiger charge is -2.10. The van der Waals surface area contributed by atoms with Gasteiger partial charge in [-0.25, -0.2) is 4.39 Å². The third-order valence-electron chi connectivity index (χ3n) is 3.92. The first-order chi connectivity index (χ1) is 12.2. The summed E-state index contributed by atoms with van der Waals surface area (Å²) in [5.74, 6) is 0.185. The molecule has 0 amide bonds. The molecule has 0 aliphatic heterocycles. The smallest absolute Gasteiger partial charge is 0.165 e. The molecule has 2 N–H and O–H groups in total. The number of nitrogens with one attached hydrogen (secondary N) is 1. The predicted octanol–water partition coefficient (Wildman–Crippen LogP) is 5.21. The second-order valence-corrected chi connectivity index (χ2v) is 5.64. The van der Waals surface area contributed by atoms with Gasteiger partial charge in [0.15, 0.2) is 11.6 Å². The Bertz CT molecular complexity index is 847. The summed E-state index contributed by atoms with van der Waals surface area (Å²) >= 11 is 0. The second-order valence-electron chi connectivity index (χ2n) is 5.64. The zero-order valence-electron chi connectivity index (χ0n) is 14.0. The summed E-state index contributed by atoms with van der Waals surface area (Å²) < 4.78 is 19.2. The third kappa shape index (κ3) is 4.10. The van der Waals surface area contributed by atoms with Gasteiger partial charge in [-0.3, -0.25) is 0 Å². The molecule has 0 saturated carbocycles. The van der Waals surface area contributed by atoms with Gasteiger partial charge in [-0.1, -0.05) is 36.4 Å². The standard InChI is InChI=1S/C21H20FNO2/c1-2-25-21-12-9-16(13-19(21)22)15-7-10-18(11-8-15)23-14-17-5-3-4-6-20(17)24/h3-13,23-24H,2,14H2,1H3. The van der Waals surface area contributed by atoms with Gasteiger partial charge in [0.25, 0.3) is 0 Å². The zero-order valence-corrected chi connectivity index (χ0v) is 14.0. The highest BCUT2D eigenvalue weighted by Gasteiger charge is 2.06. The van der Waals surface area contributed by atoms with Crippen LogP contribution in [-0.2, 0) is 6.54 Å². The van der Waals surface area contributed by atoms with Gasteiger partial charge in [-0.2, -0.15) is 0 Å². The van der Waals surface area contributed by atoms with E-state index in [2.05, 4.69) is 5.32 Å². The predicted molar refractivity (Wildman–Crippen MR) is 98.4 cm³/mol. The van der Waals surface area contributed by atoms with Gasteiger partial charge in [0, 0.05) is 17.8 Å². The molecule has 0 bridgehead atoms. The van der Waals surface area contributed by atoms with Crippen molar-refractivity contribution in [1.82, 2.24) is 0 Å². The van der Waals surface area contributed by atoms with Crippen molar-refractivity contribution in [3.05, 3.63) is 78.1 Å². The molecule has 0 aliphatic carbocycles. The molecule has 0 spiro atoms. The van der Waals surface area contributed by atoms with Crippen molar-refractivity contribution < 1.29 is 14.2 Å². The maximum Gasteiger partial charge on any atom is 0.165 e. The number of benzene rings is 3. The van der Waals surface area contributed by atoms with E-state index in [9.17, 15) is 9.50 Å². The Morgan fingerprint density at radius 3 is 2.36 bits per heavy atom. The van der Waals surface area contributed by atoms with Crippen LogP contribution >= 0.6 is 0 Å². The number of ether oxygens (including phenoxy) is 1. The fourth-order valence-corrected chi connectivity index (χ4v) is 2.59. The average molecular weight is 337 g/mol. The van der Waals surface area contributed by atoms with E-state index in [0.717, 1.165) is 22.4 Å². The van der Waals surface area contributed by atoms with E-state index in [0.29, 0.717) is 13.2 Å². The Balaban J connectivity index is 1.70. The largest absolute Gasteiger partial charge is 0.508 e. The van der Waals surface area contributed by atoms with Crippen LogP contribution in [0, 0.1) is 5.82 Å². The van der Waals surface area contributed by atoms with Gasteiger partial charge in [0.2, 0.25) is 0 Å². The molecule has 0 aliphatic rings. The molecule has 3 nitrogen and oxygen atoms in total. The number of halogens is 1. The summed E-state index contributed by atoms with van der Waals surface area (Å²) in [4.78, 5) is 0. The van der Waals surface area contributed by atoms with E-state index < -0.39 is 0 Å². The van der Waals surface area contributed by atoms with E-state index >= 15 is 0 Å². The molecule has 0 atom stereocenters. The molecule has 4 heteroatoms. The highest BCUT2D eigenvalue weighted by atomic mass is 19.1. The van der Waals surface area contributed by atoms with Crippen LogP contribution in [0.2, 0.25) is 0 Å². The van der Waals surface area contributed by atoms with Crippen molar-refractivity contribution in [2.75, 3.05) is 11.9 Å². The van der Waals surface area contributed by atoms with Crippen LogP contribution in [0.15, 0.2) is 66.7 Å². The number of hydrogen-bond acceptors (Lipinski definition) is 3. The Morgan fingerprint density at radius 2 is 1.68 bits per heavy atom. The minimum Gasteiger partial charge on any atom is -0.508 e. The summed E-state index contributed by atoms with van der Waals surface area (Å²) in [6, 6.07) is 19.9. The van der Waals surface area contributed by atoms with E-state index in [1.807, 2.05) is 49.4 Å². The average Bonchev–Trinajstić information content (AvgIpc) is 2.63. The summed E-state index contributed by atoms with van der Waals surface area (Å²) in [6.07, 6.45) is 0. The van der Waals surface area contributed by atoms with Crippen LogP contribution in [-0.4, -0.2) is 11.7 Å². The molecule has 0 unspecified atom stereocenters. The zero-order chi connectivity index (χ0) is 17.6. The van der Waals surface area contributed by atoms with E-state index in [4.69, 9.17) is 4.74 Å². The van der Waals surface area contributed by atoms with Crippen molar-refractivity contribution in [2.45, 2.75) is 13.5 Å². The first kappa shape index (κ1) is 16.8. The summed E-state index contributed by atoms with van der Waals surface area (Å²) in [6.45, 7) is 2.80. The maximum atomic E-state index is 14.0. The van der Waals surface area contributed by atoms with Crippen LogP contribution in [0.4, 0.5) is 10.1 Å². The van der Waals surface area contributed by atoms with Crippen molar-refractivity contribution in [1.29, 1.82) is 0 Å². The Labute approximate surface area is 146 Å².